The lowest BCUT2D eigenvalue weighted by molar-refractivity contribution is -0.140. The molecule has 0 fully saturated rings. The summed E-state index contributed by atoms with van der Waals surface area (Å²) in [6.07, 6.45) is 1.87. The Balaban J connectivity index is 1.80. The molecule has 45 heavy (non-hydrogen) atoms. The quantitative estimate of drug-likeness (QED) is 0.146. The molecule has 0 saturated heterocycles. The average Bonchev–Trinajstić information content (AvgIpc) is 3.03. The molecule has 7 nitrogen and oxygen atoms in total. The van der Waals surface area contributed by atoms with Gasteiger partial charge >= 0.3 is 0 Å². The minimum absolute atomic E-state index is 0.0410. The highest BCUT2D eigenvalue weighted by Gasteiger charge is 2.34. The first-order chi connectivity index (χ1) is 21.6. The van der Waals surface area contributed by atoms with Crippen LogP contribution in [0.15, 0.2) is 108 Å². The second-order valence-corrected chi connectivity index (χ2v) is 13.5. The number of unbranched alkanes of at least 4 members (excludes halogenated alkanes) is 1. The van der Waals surface area contributed by atoms with Crippen molar-refractivity contribution in [1.29, 1.82) is 0 Å². The molecule has 0 aliphatic heterocycles. The highest BCUT2D eigenvalue weighted by molar-refractivity contribution is 7.92. The van der Waals surface area contributed by atoms with Crippen LogP contribution in [0.2, 0.25) is 10.0 Å². The van der Waals surface area contributed by atoms with Crippen LogP contribution in [0.25, 0.3) is 0 Å². The third-order valence-electron chi connectivity index (χ3n) is 7.39. The summed E-state index contributed by atoms with van der Waals surface area (Å²) in [5.74, 6) is -0.897. The van der Waals surface area contributed by atoms with Crippen molar-refractivity contribution in [1.82, 2.24) is 10.2 Å². The van der Waals surface area contributed by atoms with Crippen molar-refractivity contribution < 1.29 is 18.0 Å². The van der Waals surface area contributed by atoms with Crippen LogP contribution in [0, 0.1) is 6.92 Å². The Morgan fingerprint density at radius 1 is 0.867 bits per heavy atom. The van der Waals surface area contributed by atoms with Gasteiger partial charge in [-0.05, 0) is 60.9 Å². The van der Waals surface area contributed by atoms with Crippen molar-refractivity contribution in [3.05, 3.63) is 130 Å². The molecular formula is C35H37Cl2N3O4S. The Kier molecular flexibility index (Phi) is 12.0. The summed E-state index contributed by atoms with van der Waals surface area (Å²) in [7, 11) is -4.16. The maximum Gasteiger partial charge on any atom is 0.264 e. The molecule has 0 aliphatic rings. The zero-order valence-corrected chi connectivity index (χ0v) is 27.7. The van der Waals surface area contributed by atoms with Crippen LogP contribution in [0.5, 0.6) is 0 Å². The molecule has 0 saturated carbocycles. The van der Waals surface area contributed by atoms with E-state index in [4.69, 9.17) is 23.2 Å². The third kappa shape index (κ3) is 9.10. The van der Waals surface area contributed by atoms with Crippen molar-refractivity contribution in [2.75, 3.05) is 17.4 Å². The summed E-state index contributed by atoms with van der Waals surface area (Å²) in [6.45, 7) is 3.79. The van der Waals surface area contributed by atoms with Crippen LogP contribution in [-0.4, -0.2) is 44.3 Å². The molecular weight excluding hydrogens is 629 g/mol. The molecule has 4 aromatic rings. The average molecular weight is 667 g/mol. The molecule has 0 bridgehead atoms. The SMILES string of the molecule is CCCCNC(=O)[C@@H](Cc1ccccc1)N(Cc1ccc(Cl)cc1Cl)C(=O)CN(c1ccc(C)cc1)S(=O)(=O)c1ccccc1. The van der Waals surface area contributed by atoms with Gasteiger partial charge in [-0.25, -0.2) is 8.42 Å². The van der Waals surface area contributed by atoms with Gasteiger partial charge in [-0.1, -0.05) is 109 Å². The van der Waals surface area contributed by atoms with Gasteiger partial charge in [0.15, 0.2) is 0 Å². The molecule has 4 aromatic carbocycles. The zero-order chi connectivity index (χ0) is 32.4. The minimum Gasteiger partial charge on any atom is -0.354 e. The molecule has 0 spiro atoms. The number of sulfonamides is 1. The van der Waals surface area contributed by atoms with Crippen LogP contribution in [0.1, 0.15) is 36.5 Å². The zero-order valence-electron chi connectivity index (χ0n) is 25.3. The number of rotatable bonds is 14. The standard InChI is InChI=1S/C35H37Cl2N3O4S/c1-3-4-21-38-35(42)33(22-27-11-7-5-8-12-27)39(24-28-17-18-29(36)23-32(28)37)34(41)25-40(30-19-15-26(2)16-20-30)45(43,44)31-13-9-6-10-14-31/h5-20,23,33H,3-4,21-22,24-25H2,1-2H3,(H,38,42)/t33-/m1/s1. The van der Waals surface area contributed by atoms with Crippen LogP contribution in [0.4, 0.5) is 5.69 Å². The van der Waals surface area contributed by atoms with E-state index in [2.05, 4.69) is 5.32 Å². The number of halogens is 2. The maximum atomic E-state index is 14.5. The Labute approximate surface area is 275 Å². The number of aryl methyl sites for hydroxylation is 1. The summed E-state index contributed by atoms with van der Waals surface area (Å²) in [5.41, 5.74) is 2.68. The van der Waals surface area contributed by atoms with Gasteiger partial charge in [-0.3, -0.25) is 13.9 Å². The largest absolute Gasteiger partial charge is 0.354 e. The van der Waals surface area contributed by atoms with Crippen molar-refractivity contribution >= 4 is 50.7 Å². The monoisotopic (exact) mass is 665 g/mol. The lowest BCUT2D eigenvalue weighted by Gasteiger charge is -2.34. The molecule has 236 valence electrons. The lowest BCUT2D eigenvalue weighted by atomic mass is 10.0. The number of amides is 2. The fraction of sp³-hybridized carbons (Fsp3) is 0.257. The number of carbonyl (C=O) groups excluding carboxylic acids is 2. The van der Waals surface area contributed by atoms with E-state index in [-0.39, 0.29) is 23.8 Å². The first-order valence-electron chi connectivity index (χ1n) is 14.8. The molecule has 0 unspecified atom stereocenters. The molecule has 1 atom stereocenters. The van der Waals surface area contributed by atoms with Gasteiger partial charge in [0.2, 0.25) is 11.8 Å². The van der Waals surface area contributed by atoms with Gasteiger partial charge in [0.25, 0.3) is 10.0 Å². The first-order valence-corrected chi connectivity index (χ1v) is 17.0. The van der Waals surface area contributed by atoms with Gasteiger partial charge in [0.1, 0.15) is 12.6 Å². The van der Waals surface area contributed by atoms with E-state index in [1.165, 1.54) is 17.0 Å². The molecule has 0 heterocycles. The normalized spacial score (nSPS) is 11.9. The topological polar surface area (TPSA) is 86.8 Å². The Morgan fingerprint density at radius 2 is 1.51 bits per heavy atom. The van der Waals surface area contributed by atoms with Crippen molar-refractivity contribution in [2.45, 2.75) is 50.6 Å². The summed E-state index contributed by atoms with van der Waals surface area (Å²) in [5, 5.41) is 3.74. The fourth-order valence-corrected chi connectivity index (χ4v) is 6.76. The van der Waals surface area contributed by atoms with Crippen LogP contribution < -0.4 is 9.62 Å². The number of carbonyl (C=O) groups is 2. The van der Waals surface area contributed by atoms with Crippen LogP contribution >= 0.6 is 23.2 Å². The summed E-state index contributed by atoms with van der Waals surface area (Å²) < 4.78 is 29.2. The highest BCUT2D eigenvalue weighted by Crippen LogP contribution is 2.27. The Bertz CT molecular complexity index is 1690. The number of nitrogens with zero attached hydrogens (tertiary/aromatic N) is 2. The smallest absolute Gasteiger partial charge is 0.264 e. The number of hydrogen-bond acceptors (Lipinski definition) is 4. The lowest BCUT2D eigenvalue weighted by Crippen LogP contribution is -2.53. The van der Waals surface area contributed by atoms with Gasteiger partial charge in [-0.15, -0.1) is 0 Å². The molecule has 0 aliphatic carbocycles. The van der Waals surface area contributed by atoms with Gasteiger partial charge < -0.3 is 10.2 Å². The number of benzene rings is 4. The van der Waals surface area contributed by atoms with Crippen molar-refractivity contribution in [3.8, 4) is 0 Å². The Morgan fingerprint density at radius 3 is 2.13 bits per heavy atom. The molecule has 1 N–H and O–H groups in total. The molecule has 0 aromatic heterocycles. The molecule has 0 radical (unpaired) electrons. The third-order valence-corrected chi connectivity index (χ3v) is 9.76. The van der Waals surface area contributed by atoms with Crippen molar-refractivity contribution in [2.24, 2.45) is 0 Å². The van der Waals surface area contributed by atoms with E-state index in [1.54, 1.807) is 60.7 Å². The minimum atomic E-state index is -4.16. The first kappa shape index (κ1) is 34.0. The van der Waals surface area contributed by atoms with E-state index in [0.29, 0.717) is 27.8 Å². The van der Waals surface area contributed by atoms with Crippen LogP contribution in [-0.2, 0) is 32.6 Å². The second-order valence-electron chi connectivity index (χ2n) is 10.8. The highest BCUT2D eigenvalue weighted by atomic mass is 35.5. The summed E-state index contributed by atoms with van der Waals surface area (Å²) >= 11 is 12.7. The number of hydrogen-bond donors (Lipinski definition) is 1. The summed E-state index contributed by atoms with van der Waals surface area (Å²) in [4.78, 5) is 29.8. The predicted molar refractivity (Wildman–Crippen MR) is 181 cm³/mol. The van der Waals surface area contributed by atoms with Crippen LogP contribution in [0.3, 0.4) is 0 Å². The molecule has 2 amide bonds. The number of nitrogens with one attached hydrogen (secondary N) is 1. The summed E-state index contributed by atoms with van der Waals surface area (Å²) in [6, 6.07) is 28.3. The van der Waals surface area contributed by atoms with E-state index in [9.17, 15) is 18.0 Å². The number of anilines is 1. The van der Waals surface area contributed by atoms with E-state index in [0.717, 1.165) is 28.3 Å². The molecule has 4 rings (SSSR count). The van der Waals surface area contributed by atoms with Gasteiger partial charge in [-0.2, -0.15) is 0 Å². The van der Waals surface area contributed by atoms with E-state index >= 15 is 0 Å². The van der Waals surface area contributed by atoms with E-state index < -0.39 is 28.5 Å². The molecule has 10 heteroatoms. The van der Waals surface area contributed by atoms with Gasteiger partial charge in [0.05, 0.1) is 10.6 Å². The van der Waals surface area contributed by atoms with Crippen molar-refractivity contribution in [3.63, 3.8) is 0 Å². The Hall–Kier alpha value is -3.85. The van der Waals surface area contributed by atoms with E-state index in [1.807, 2.05) is 44.2 Å². The van der Waals surface area contributed by atoms with Gasteiger partial charge in [0, 0.05) is 29.6 Å². The maximum absolute atomic E-state index is 14.5. The fourth-order valence-electron chi connectivity index (χ4n) is 4.85. The second kappa shape index (κ2) is 15.9. The predicted octanol–water partition coefficient (Wildman–Crippen LogP) is 7.05.